The zero-order chi connectivity index (χ0) is 22.3. The van der Waals surface area contributed by atoms with Gasteiger partial charge in [0.15, 0.2) is 0 Å². The maximum atomic E-state index is 13.2. The fraction of sp³-hybridized carbons (Fsp3) is 0.167. The Labute approximate surface area is 189 Å². The second kappa shape index (κ2) is 8.21. The van der Waals surface area contributed by atoms with E-state index < -0.39 is 17.7 Å². The Morgan fingerprint density at radius 1 is 1.10 bits per heavy atom. The summed E-state index contributed by atoms with van der Waals surface area (Å²) in [5, 5.41) is 13.5. The van der Waals surface area contributed by atoms with Crippen molar-refractivity contribution in [3.8, 4) is 5.75 Å². The van der Waals surface area contributed by atoms with Crippen LogP contribution in [0.15, 0.2) is 59.5 Å². The van der Waals surface area contributed by atoms with Crippen molar-refractivity contribution in [3.63, 3.8) is 0 Å². The lowest BCUT2D eigenvalue weighted by atomic mass is 9.99. The lowest BCUT2D eigenvalue weighted by Crippen LogP contribution is -2.29. The van der Waals surface area contributed by atoms with Gasteiger partial charge in [-0.2, -0.15) is 0 Å². The Morgan fingerprint density at radius 2 is 1.81 bits per heavy atom. The van der Waals surface area contributed by atoms with Gasteiger partial charge in [-0.15, -0.1) is 11.3 Å². The number of methoxy groups -OCH3 is 1. The molecule has 1 aliphatic rings. The molecule has 3 aromatic rings. The van der Waals surface area contributed by atoms with Gasteiger partial charge in [0.2, 0.25) is 0 Å². The first-order valence-corrected chi connectivity index (χ1v) is 10.8. The predicted molar refractivity (Wildman–Crippen MR) is 123 cm³/mol. The highest BCUT2D eigenvalue weighted by molar-refractivity contribution is 7.10. The molecule has 7 heteroatoms. The number of amides is 1. The lowest BCUT2D eigenvalue weighted by Gasteiger charge is -2.25. The van der Waals surface area contributed by atoms with Crippen LogP contribution in [0.3, 0.4) is 0 Å². The highest BCUT2D eigenvalue weighted by Gasteiger charge is 2.47. The molecule has 2 aromatic carbocycles. The summed E-state index contributed by atoms with van der Waals surface area (Å²) in [5.41, 5.74) is 2.81. The van der Waals surface area contributed by atoms with Gasteiger partial charge in [0.25, 0.3) is 11.7 Å². The number of ether oxygens (including phenoxy) is 1. The number of anilines is 1. The Morgan fingerprint density at radius 3 is 2.42 bits per heavy atom. The minimum absolute atomic E-state index is 0.00664. The normalized spacial score (nSPS) is 17.9. The number of ketones is 1. The first kappa shape index (κ1) is 21.2. The molecule has 1 unspecified atom stereocenters. The molecule has 0 bridgehead atoms. The summed E-state index contributed by atoms with van der Waals surface area (Å²) in [7, 11) is 1.46. The molecule has 0 aliphatic carbocycles. The van der Waals surface area contributed by atoms with Gasteiger partial charge in [-0.25, -0.2) is 0 Å². The van der Waals surface area contributed by atoms with Crippen LogP contribution in [0.4, 0.5) is 5.69 Å². The van der Waals surface area contributed by atoms with E-state index in [2.05, 4.69) is 0 Å². The fourth-order valence-electron chi connectivity index (χ4n) is 3.91. The summed E-state index contributed by atoms with van der Waals surface area (Å²) in [6.07, 6.45) is 0. The SMILES string of the molecule is COc1ccc(Cl)cc1/C(O)=C1/C(=O)C(=O)N(c2cc(C)cc(C)c2)C1c1cccs1. The van der Waals surface area contributed by atoms with Crippen molar-refractivity contribution in [1.82, 2.24) is 0 Å². The number of halogens is 1. The average molecular weight is 454 g/mol. The molecule has 0 spiro atoms. The molecule has 1 N–H and O–H groups in total. The van der Waals surface area contributed by atoms with Crippen molar-refractivity contribution in [2.24, 2.45) is 0 Å². The molecule has 0 saturated carbocycles. The van der Waals surface area contributed by atoms with Gasteiger partial charge in [-0.3, -0.25) is 14.5 Å². The molecular formula is C24H20ClNO4S. The molecule has 1 aromatic heterocycles. The van der Waals surface area contributed by atoms with Crippen LogP contribution in [-0.4, -0.2) is 23.9 Å². The van der Waals surface area contributed by atoms with Crippen LogP contribution in [0.2, 0.25) is 5.02 Å². The molecule has 158 valence electrons. The number of carbonyl (C=O) groups excluding carboxylic acids is 2. The van der Waals surface area contributed by atoms with E-state index >= 15 is 0 Å². The van der Waals surface area contributed by atoms with Crippen LogP contribution in [-0.2, 0) is 9.59 Å². The molecule has 1 aliphatic heterocycles. The topological polar surface area (TPSA) is 66.8 Å². The van der Waals surface area contributed by atoms with E-state index in [4.69, 9.17) is 16.3 Å². The van der Waals surface area contributed by atoms with Gasteiger partial charge in [-0.05, 0) is 66.8 Å². The number of nitrogens with zero attached hydrogens (tertiary/aromatic N) is 1. The van der Waals surface area contributed by atoms with Crippen LogP contribution >= 0.6 is 22.9 Å². The van der Waals surface area contributed by atoms with Gasteiger partial charge in [0.1, 0.15) is 17.6 Å². The number of thiophene rings is 1. The van der Waals surface area contributed by atoms with Gasteiger partial charge >= 0.3 is 0 Å². The monoisotopic (exact) mass is 453 g/mol. The predicted octanol–water partition coefficient (Wildman–Crippen LogP) is 5.65. The molecule has 1 amide bonds. The largest absolute Gasteiger partial charge is 0.507 e. The highest BCUT2D eigenvalue weighted by atomic mass is 35.5. The maximum Gasteiger partial charge on any atom is 0.300 e. The number of aliphatic hydroxyl groups excluding tert-OH is 1. The smallest absolute Gasteiger partial charge is 0.300 e. The molecule has 0 radical (unpaired) electrons. The zero-order valence-corrected chi connectivity index (χ0v) is 18.8. The molecule has 1 fully saturated rings. The van der Waals surface area contributed by atoms with Crippen molar-refractivity contribution in [1.29, 1.82) is 0 Å². The number of hydrogen-bond acceptors (Lipinski definition) is 5. The summed E-state index contributed by atoms with van der Waals surface area (Å²) in [5.74, 6) is -1.41. The minimum atomic E-state index is -0.759. The number of benzene rings is 2. The first-order valence-electron chi connectivity index (χ1n) is 9.58. The van der Waals surface area contributed by atoms with Crippen molar-refractivity contribution in [2.45, 2.75) is 19.9 Å². The summed E-state index contributed by atoms with van der Waals surface area (Å²) in [6, 6.07) is 13.4. The quantitative estimate of drug-likeness (QED) is 0.315. The Bertz CT molecular complexity index is 1200. The molecule has 1 saturated heterocycles. The third kappa shape index (κ3) is 3.73. The molecule has 1 atom stereocenters. The second-order valence-corrected chi connectivity index (χ2v) is 8.79. The van der Waals surface area contributed by atoms with Crippen LogP contribution in [0.5, 0.6) is 5.75 Å². The number of carbonyl (C=O) groups is 2. The number of rotatable bonds is 4. The standard InChI is InChI=1S/C24H20ClNO4S/c1-13-9-14(2)11-16(10-13)26-21(19-5-4-8-31-19)20(23(28)24(26)29)22(27)17-12-15(25)6-7-18(17)30-3/h4-12,21,27H,1-3H3/b22-20-. The third-order valence-corrected chi connectivity index (χ3v) is 6.32. The number of hydrogen-bond donors (Lipinski definition) is 1. The van der Waals surface area contributed by atoms with E-state index in [1.54, 1.807) is 12.1 Å². The Hall–Kier alpha value is -3.09. The molecule has 2 heterocycles. The lowest BCUT2D eigenvalue weighted by molar-refractivity contribution is -0.132. The van der Waals surface area contributed by atoms with Crippen LogP contribution in [0.1, 0.15) is 27.6 Å². The number of aryl methyl sites for hydroxylation is 2. The molecule has 5 nitrogen and oxygen atoms in total. The van der Waals surface area contributed by atoms with E-state index in [1.165, 1.54) is 29.4 Å². The highest BCUT2D eigenvalue weighted by Crippen LogP contribution is 2.45. The molecule has 31 heavy (non-hydrogen) atoms. The minimum Gasteiger partial charge on any atom is -0.507 e. The van der Waals surface area contributed by atoms with Gasteiger partial charge in [0, 0.05) is 15.6 Å². The van der Waals surface area contributed by atoms with Gasteiger partial charge in [-0.1, -0.05) is 23.7 Å². The van der Waals surface area contributed by atoms with Crippen LogP contribution in [0, 0.1) is 13.8 Å². The van der Waals surface area contributed by atoms with E-state index in [0.717, 1.165) is 16.0 Å². The van der Waals surface area contributed by atoms with Crippen molar-refractivity contribution in [3.05, 3.63) is 86.1 Å². The Balaban J connectivity index is 1.98. The number of Topliss-reactive ketones (excluding diaryl/α,β-unsaturated/α-hetero) is 1. The third-order valence-electron chi connectivity index (χ3n) is 5.16. The first-order chi connectivity index (χ1) is 14.8. The Kier molecular flexibility index (Phi) is 5.60. The molecule has 4 rings (SSSR count). The number of aliphatic hydroxyl groups is 1. The fourth-order valence-corrected chi connectivity index (χ4v) is 4.91. The average Bonchev–Trinajstić information content (AvgIpc) is 3.34. The van der Waals surface area contributed by atoms with Gasteiger partial charge < -0.3 is 9.84 Å². The van der Waals surface area contributed by atoms with Gasteiger partial charge in [0.05, 0.1) is 18.2 Å². The summed E-state index contributed by atoms with van der Waals surface area (Å²) in [6.45, 7) is 3.87. The second-order valence-electron chi connectivity index (χ2n) is 7.38. The maximum absolute atomic E-state index is 13.2. The van der Waals surface area contributed by atoms with Crippen molar-refractivity contribution >= 4 is 46.1 Å². The summed E-state index contributed by atoms with van der Waals surface area (Å²) >= 11 is 7.55. The van der Waals surface area contributed by atoms with E-state index in [0.29, 0.717) is 16.5 Å². The van der Waals surface area contributed by atoms with E-state index in [9.17, 15) is 14.7 Å². The summed E-state index contributed by atoms with van der Waals surface area (Å²) < 4.78 is 5.35. The summed E-state index contributed by atoms with van der Waals surface area (Å²) in [4.78, 5) is 28.6. The zero-order valence-electron chi connectivity index (χ0n) is 17.2. The van der Waals surface area contributed by atoms with E-state index in [-0.39, 0.29) is 16.9 Å². The van der Waals surface area contributed by atoms with E-state index in [1.807, 2.05) is 49.6 Å². The van der Waals surface area contributed by atoms with Crippen LogP contribution < -0.4 is 9.64 Å². The molecular weight excluding hydrogens is 434 g/mol. The van der Waals surface area contributed by atoms with Crippen LogP contribution in [0.25, 0.3) is 5.76 Å². The van der Waals surface area contributed by atoms with Crippen molar-refractivity contribution < 1.29 is 19.4 Å². The van der Waals surface area contributed by atoms with Crippen molar-refractivity contribution in [2.75, 3.05) is 12.0 Å².